The van der Waals surface area contributed by atoms with Gasteiger partial charge in [0, 0.05) is 25.5 Å². The Morgan fingerprint density at radius 1 is 1.27 bits per heavy atom. The molecule has 0 aliphatic carbocycles. The number of amides is 1. The van der Waals surface area contributed by atoms with Gasteiger partial charge in [-0.05, 0) is 23.8 Å². The zero-order chi connectivity index (χ0) is 15.4. The lowest BCUT2D eigenvalue weighted by atomic mass is 10.2. The van der Waals surface area contributed by atoms with Crippen LogP contribution in [0.1, 0.15) is 15.4 Å². The number of nitrogens with zero attached hydrogens (tertiary/aromatic N) is 3. The fraction of sp³-hybridized carbons (Fsp3) is 0.118. The minimum atomic E-state index is -0.0787. The van der Waals surface area contributed by atoms with Crippen molar-refractivity contribution in [3.05, 3.63) is 72.0 Å². The van der Waals surface area contributed by atoms with E-state index in [0.717, 1.165) is 15.8 Å². The summed E-state index contributed by atoms with van der Waals surface area (Å²) in [6.45, 7) is 4.70. The van der Waals surface area contributed by atoms with Crippen molar-refractivity contribution in [2.75, 3.05) is 6.54 Å². The lowest BCUT2D eigenvalue weighted by molar-refractivity contribution is 0.0762. The van der Waals surface area contributed by atoms with Crippen molar-refractivity contribution in [2.45, 2.75) is 6.54 Å². The maximum absolute atomic E-state index is 12.7. The molecule has 0 aliphatic heterocycles. The molecule has 0 aliphatic rings. The Kier molecular flexibility index (Phi) is 4.25. The molecule has 0 atom stereocenters. The summed E-state index contributed by atoms with van der Waals surface area (Å²) >= 11 is 1.42. The van der Waals surface area contributed by atoms with E-state index in [-0.39, 0.29) is 5.91 Å². The van der Waals surface area contributed by atoms with E-state index in [9.17, 15) is 4.79 Å². The highest BCUT2D eigenvalue weighted by Gasteiger charge is 2.19. The molecule has 3 aromatic rings. The van der Waals surface area contributed by atoms with Gasteiger partial charge in [0.05, 0.1) is 10.2 Å². The molecule has 3 rings (SSSR count). The van der Waals surface area contributed by atoms with E-state index in [2.05, 4.69) is 16.5 Å². The molecule has 0 N–H and O–H groups in total. The highest BCUT2D eigenvalue weighted by Crippen LogP contribution is 2.23. The lowest BCUT2D eigenvalue weighted by Crippen LogP contribution is -2.30. The number of thiazole rings is 1. The van der Waals surface area contributed by atoms with E-state index in [0.29, 0.717) is 18.1 Å². The molecule has 0 radical (unpaired) electrons. The van der Waals surface area contributed by atoms with Gasteiger partial charge in [0.2, 0.25) is 0 Å². The Balaban J connectivity index is 1.87. The lowest BCUT2D eigenvalue weighted by Gasteiger charge is -2.19. The first kappa shape index (κ1) is 14.4. The standard InChI is InChI=1S/C17H15N3OS/c1-2-10-20(12-13-6-5-9-18-11-13)17(21)16-19-14-7-3-4-8-15(14)22-16/h2-9,11H,1,10,12H2. The highest BCUT2D eigenvalue weighted by molar-refractivity contribution is 7.20. The first-order valence-corrected chi connectivity index (χ1v) is 7.74. The number of hydrogen-bond donors (Lipinski definition) is 0. The molecule has 0 saturated carbocycles. The zero-order valence-electron chi connectivity index (χ0n) is 12.0. The van der Waals surface area contributed by atoms with Crippen molar-refractivity contribution in [2.24, 2.45) is 0 Å². The second kappa shape index (κ2) is 6.49. The molecular formula is C17H15N3OS. The van der Waals surface area contributed by atoms with Crippen LogP contribution in [0.3, 0.4) is 0 Å². The number of hydrogen-bond acceptors (Lipinski definition) is 4. The minimum absolute atomic E-state index is 0.0787. The molecule has 0 unspecified atom stereocenters. The molecule has 2 aromatic heterocycles. The first-order valence-electron chi connectivity index (χ1n) is 6.92. The molecule has 0 fully saturated rings. The minimum Gasteiger partial charge on any atom is -0.328 e. The highest BCUT2D eigenvalue weighted by atomic mass is 32.1. The van der Waals surface area contributed by atoms with Crippen LogP contribution in [0.2, 0.25) is 0 Å². The summed E-state index contributed by atoms with van der Waals surface area (Å²) < 4.78 is 1.02. The van der Waals surface area contributed by atoms with Gasteiger partial charge in [0.15, 0.2) is 5.01 Å². The second-order valence-corrected chi connectivity index (χ2v) is 5.85. The number of carbonyl (C=O) groups excluding carboxylic acids is 1. The molecule has 0 spiro atoms. The average Bonchev–Trinajstić information content (AvgIpc) is 2.99. The van der Waals surface area contributed by atoms with Gasteiger partial charge in [-0.2, -0.15) is 0 Å². The molecule has 1 aromatic carbocycles. The number of aromatic nitrogens is 2. The molecule has 2 heterocycles. The molecule has 4 nitrogen and oxygen atoms in total. The van der Waals surface area contributed by atoms with Crippen LogP contribution in [0.4, 0.5) is 0 Å². The molecule has 0 bridgehead atoms. The van der Waals surface area contributed by atoms with Crippen LogP contribution < -0.4 is 0 Å². The van der Waals surface area contributed by atoms with E-state index >= 15 is 0 Å². The smallest absolute Gasteiger partial charge is 0.283 e. The van der Waals surface area contributed by atoms with Gasteiger partial charge in [-0.1, -0.05) is 24.3 Å². The molecule has 110 valence electrons. The predicted molar refractivity (Wildman–Crippen MR) is 88.8 cm³/mol. The van der Waals surface area contributed by atoms with Gasteiger partial charge >= 0.3 is 0 Å². The van der Waals surface area contributed by atoms with Gasteiger partial charge in [-0.25, -0.2) is 4.98 Å². The predicted octanol–water partition coefficient (Wildman–Crippen LogP) is 3.52. The van der Waals surface area contributed by atoms with Crippen LogP contribution >= 0.6 is 11.3 Å². The first-order chi connectivity index (χ1) is 10.8. The summed E-state index contributed by atoms with van der Waals surface area (Å²) in [7, 11) is 0. The number of para-hydroxylation sites is 1. The maximum atomic E-state index is 12.7. The van der Waals surface area contributed by atoms with Crippen LogP contribution in [-0.2, 0) is 6.54 Å². The van der Waals surface area contributed by atoms with Gasteiger partial charge in [-0.3, -0.25) is 9.78 Å². The van der Waals surface area contributed by atoms with Crippen LogP contribution in [0, 0.1) is 0 Å². The monoisotopic (exact) mass is 309 g/mol. The Morgan fingerprint density at radius 2 is 2.14 bits per heavy atom. The Hall–Kier alpha value is -2.53. The molecular weight excluding hydrogens is 294 g/mol. The van der Waals surface area contributed by atoms with Crippen LogP contribution in [0.15, 0.2) is 61.4 Å². The van der Waals surface area contributed by atoms with Crippen molar-refractivity contribution in [1.29, 1.82) is 0 Å². The Morgan fingerprint density at radius 3 is 2.86 bits per heavy atom. The molecule has 5 heteroatoms. The van der Waals surface area contributed by atoms with Crippen molar-refractivity contribution in [3.8, 4) is 0 Å². The SMILES string of the molecule is C=CCN(Cc1cccnc1)C(=O)c1nc2ccccc2s1. The van der Waals surface area contributed by atoms with Gasteiger partial charge < -0.3 is 4.90 Å². The summed E-state index contributed by atoms with van der Waals surface area (Å²) in [4.78, 5) is 23.0. The van der Waals surface area contributed by atoms with E-state index in [1.54, 1.807) is 23.4 Å². The van der Waals surface area contributed by atoms with Gasteiger partial charge in [0.25, 0.3) is 5.91 Å². The van der Waals surface area contributed by atoms with Crippen LogP contribution in [0.25, 0.3) is 10.2 Å². The number of carbonyl (C=O) groups is 1. The number of fused-ring (bicyclic) bond motifs is 1. The van der Waals surface area contributed by atoms with Gasteiger partial charge in [-0.15, -0.1) is 17.9 Å². The number of pyridine rings is 1. The summed E-state index contributed by atoms with van der Waals surface area (Å²) in [5.41, 5.74) is 1.84. The number of benzene rings is 1. The van der Waals surface area contributed by atoms with E-state index < -0.39 is 0 Å². The summed E-state index contributed by atoms with van der Waals surface area (Å²) in [6, 6.07) is 11.6. The quantitative estimate of drug-likeness (QED) is 0.677. The summed E-state index contributed by atoms with van der Waals surface area (Å²) in [5, 5.41) is 0.506. The van der Waals surface area contributed by atoms with E-state index in [1.807, 2.05) is 36.4 Å². The third-order valence-electron chi connectivity index (χ3n) is 3.21. The van der Waals surface area contributed by atoms with E-state index in [4.69, 9.17) is 0 Å². The normalized spacial score (nSPS) is 10.5. The Bertz CT molecular complexity index is 765. The largest absolute Gasteiger partial charge is 0.328 e. The topological polar surface area (TPSA) is 46.1 Å². The maximum Gasteiger partial charge on any atom is 0.283 e. The summed E-state index contributed by atoms with van der Waals surface area (Å²) in [5.74, 6) is -0.0787. The Labute approximate surface area is 132 Å². The number of rotatable bonds is 5. The van der Waals surface area contributed by atoms with E-state index in [1.165, 1.54) is 11.3 Å². The van der Waals surface area contributed by atoms with Crippen molar-refractivity contribution in [3.63, 3.8) is 0 Å². The van der Waals surface area contributed by atoms with Crippen molar-refractivity contribution in [1.82, 2.24) is 14.9 Å². The molecule has 22 heavy (non-hydrogen) atoms. The second-order valence-electron chi connectivity index (χ2n) is 4.82. The summed E-state index contributed by atoms with van der Waals surface area (Å²) in [6.07, 6.45) is 5.21. The van der Waals surface area contributed by atoms with Crippen LogP contribution in [0.5, 0.6) is 0 Å². The van der Waals surface area contributed by atoms with Gasteiger partial charge in [0.1, 0.15) is 0 Å². The van der Waals surface area contributed by atoms with Crippen molar-refractivity contribution < 1.29 is 4.79 Å². The average molecular weight is 309 g/mol. The van der Waals surface area contributed by atoms with Crippen molar-refractivity contribution >= 4 is 27.5 Å². The fourth-order valence-corrected chi connectivity index (χ4v) is 3.12. The third-order valence-corrected chi connectivity index (χ3v) is 4.23. The van der Waals surface area contributed by atoms with Crippen LogP contribution in [-0.4, -0.2) is 27.3 Å². The zero-order valence-corrected chi connectivity index (χ0v) is 12.8. The molecule has 0 saturated heterocycles. The molecule has 1 amide bonds. The third kappa shape index (κ3) is 3.04. The fourth-order valence-electron chi connectivity index (χ4n) is 2.19.